The van der Waals surface area contributed by atoms with Crippen LogP contribution in [0.2, 0.25) is 0 Å². The Morgan fingerprint density at radius 2 is 2.00 bits per heavy atom. The molecule has 0 aliphatic rings. The van der Waals surface area contributed by atoms with Crippen LogP contribution in [0.15, 0.2) is 32.2 Å². The van der Waals surface area contributed by atoms with Crippen molar-refractivity contribution in [3.8, 4) is 0 Å². The maximum absolute atomic E-state index is 11.5. The van der Waals surface area contributed by atoms with Gasteiger partial charge in [0, 0.05) is 0 Å². The van der Waals surface area contributed by atoms with Crippen molar-refractivity contribution in [2.45, 2.75) is 19.8 Å². The Bertz CT molecular complexity index is 607. The van der Waals surface area contributed by atoms with Crippen molar-refractivity contribution in [3.05, 3.63) is 44.7 Å². The molecule has 4 nitrogen and oxygen atoms in total. The Morgan fingerprint density at radius 1 is 1.27 bits per heavy atom. The molecule has 1 aromatic heterocycles. The molecule has 15 heavy (non-hydrogen) atoms. The number of H-pyrrole nitrogens is 1. The number of nitrogens with one attached hydrogen (secondary N) is 1. The third kappa shape index (κ3) is 1.58. The van der Waals surface area contributed by atoms with Gasteiger partial charge in [-0.1, -0.05) is 26.0 Å². The third-order valence-corrected chi connectivity index (χ3v) is 2.34. The summed E-state index contributed by atoms with van der Waals surface area (Å²) in [6, 6.07) is 5.37. The highest BCUT2D eigenvalue weighted by Crippen LogP contribution is 2.20. The lowest BCUT2D eigenvalue weighted by Gasteiger charge is -2.07. The van der Waals surface area contributed by atoms with E-state index in [4.69, 9.17) is 0 Å². The summed E-state index contributed by atoms with van der Waals surface area (Å²) in [5.41, 5.74) is 0.845. The molecule has 0 unspecified atom stereocenters. The summed E-state index contributed by atoms with van der Waals surface area (Å²) >= 11 is 0. The summed E-state index contributed by atoms with van der Waals surface area (Å²) < 4.78 is 4.51. The van der Waals surface area contributed by atoms with Crippen LogP contribution in [0, 0.1) is 0 Å². The number of rotatable bonds is 1. The minimum Gasteiger partial charge on any atom is -0.372 e. The predicted molar refractivity (Wildman–Crippen MR) is 57.2 cm³/mol. The van der Waals surface area contributed by atoms with Gasteiger partial charge in [0.05, 0.1) is 10.9 Å². The van der Waals surface area contributed by atoms with Crippen LogP contribution in [0.1, 0.15) is 25.3 Å². The van der Waals surface area contributed by atoms with Crippen LogP contribution in [0.3, 0.4) is 0 Å². The summed E-state index contributed by atoms with van der Waals surface area (Å²) in [6.07, 6.45) is 0. The predicted octanol–water partition coefficient (Wildman–Crippen LogP) is 1.60. The van der Waals surface area contributed by atoms with Crippen LogP contribution in [0.4, 0.5) is 0 Å². The van der Waals surface area contributed by atoms with E-state index in [1.54, 1.807) is 6.07 Å². The van der Waals surface area contributed by atoms with E-state index >= 15 is 0 Å². The number of aromatic nitrogens is 1. The van der Waals surface area contributed by atoms with E-state index in [0.717, 1.165) is 5.56 Å². The Kier molecular flexibility index (Phi) is 2.19. The first-order valence-electron chi connectivity index (χ1n) is 4.75. The van der Waals surface area contributed by atoms with Gasteiger partial charge in [-0.2, -0.15) is 0 Å². The van der Waals surface area contributed by atoms with Gasteiger partial charge in [-0.05, 0) is 17.5 Å². The molecule has 1 heterocycles. The number of benzene rings is 1. The maximum Gasteiger partial charge on any atom is 0.419 e. The van der Waals surface area contributed by atoms with Gasteiger partial charge in [0.2, 0.25) is 0 Å². The van der Waals surface area contributed by atoms with Gasteiger partial charge in [-0.15, -0.1) is 0 Å². The van der Waals surface area contributed by atoms with Crippen molar-refractivity contribution >= 4 is 10.9 Å². The minimum atomic E-state index is -0.714. The van der Waals surface area contributed by atoms with Gasteiger partial charge in [0.15, 0.2) is 0 Å². The van der Waals surface area contributed by atoms with Crippen LogP contribution in [0.5, 0.6) is 0 Å². The molecule has 0 amide bonds. The fraction of sp³-hybridized carbons (Fsp3) is 0.273. The smallest absolute Gasteiger partial charge is 0.372 e. The second kappa shape index (κ2) is 3.38. The van der Waals surface area contributed by atoms with Crippen molar-refractivity contribution in [1.29, 1.82) is 0 Å². The first kappa shape index (κ1) is 9.71. The normalized spacial score (nSPS) is 11.1. The standard InChI is InChI=1S/C11H11NO3/c1-6(2)7-4-3-5-8-9(7)10(13)15-11(14)12-8/h3-6H,1-2H3,(H,12,14). The zero-order valence-corrected chi connectivity index (χ0v) is 8.53. The molecular formula is C11H11NO3. The molecule has 2 rings (SSSR count). The van der Waals surface area contributed by atoms with E-state index in [1.807, 2.05) is 26.0 Å². The zero-order valence-electron chi connectivity index (χ0n) is 8.53. The summed E-state index contributed by atoms with van der Waals surface area (Å²) in [4.78, 5) is 25.0. The molecule has 1 N–H and O–H groups in total. The second-order valence-corrected chi connectivity index (χ2v) is 3.73. The fourth-order valence-corrected chi connectivity index (χ4v) is 1.65. The molecule has 0 spiro atoms. The van der Waals surface area contributed by atoms with Crippen LogP contribution in [0.25, 0.3) is 10.9 Å². The topological polar surface area (TPSA) is 63.1 Å². The maximum atomic E-state index is 11.5. The second-order valence-electron chi connectivity index (χ2n) is 3.73. The van der Waals surface area contributed by atoms with Crippen molar-refractivity contribution in [3.63, 3.8) is 0 Å². The number of hydrogen-bond acceptors (Lipinski definition) is 3. The molecule has 2 aromatic rings. The molecule has 0 fully saturated rings. The van der Waals surface area contributed by atoms with Crippen LogP contribution in [-0.2, 0) is 0 Å². The highest BCUT2D eigenvalue weighted by atomic mass is 16.4. The lowest BCUT2D eigenvalue weighted by Crippen LogP contribution is -2.16. The Labute approximate surface area is 85.6 Å². The molecule has 4 heteroatoms. The Hall–Kier alpha value is -1.84. The monoisotopic (exact) mass is 205 g/mol. The first-order valence-corrected chi connectivity index (χ1v) is 4.75. The zero-order chi connectivity index (χ0) is 11.0. The van der Waals surface area contributed by atoms with E-state index in [2.05, 4.69) is 9.40 Å². The van der Waals surface area contributed by atoms with Crippen LogP contribution in [-0.4, -0.2) is 4.98 Å². The van der Waals surface area contributed by atoms with E-state index in [1.165, 1.54) is 0 Å². The van der Waals surface area contributed by atoms with Crippen LogP contribution < -0.4 is 11.4 Å². The van der Waals surface area contributed by atoms with Crippen LogP contribution >= 0.6 is 0 Å². The van der Waals surface area contributed by atoms with Gasteiger partial charge in [0.25, 0.3) is 0 Å². The molecule has 0 atom stereocenters. The average molecular weight is 205 g/mol. The third-order valence-electron chi connectivity index (χ3n) is 2.34. The molecule has 78 valence electrons. The van der Waals surface area contributed by atoms with Gasteiger partial charge in [-0.3, -0.25) is 4.98 Å². The van der Waals surface area contributed by atoms with Gasteiger partial charge in [-0.25, -0.2) is 9.59 Å². The molecule has 0 saturated carbocycles. The summed E-state index contributed by atoms with van der Waals surface area (Å²) in [5, 5.41) is 0.465. The minimum absolute atomic E-state index is 0.211. The van der Waals surface area contributed by atoms with Crippen molar-refractivity contribution in [2.24, 2.45) is 0 Å². The Balaban J connectivity index is 2.98. The molecular weight excluding hydrogens is 194 g/mol. The fourth-order valence-electron chi connectivity index (χ4n) is 1.65. The van der Waals surface area contributed by atoms with Crippen molar-refractivity contribution in [1.82, 2.24) is 4.98 Å². The molecule has 1 aromatic carbocycles. The summed E-state index contributed by atoms with van der Waals surface area (Å²) in [5.74, 6) is -0.504. The SMILES string of the molecule is CC(C)c1cccc2[nH]c(=O)oc(=O)c12. The van der Waals surface area contributed by atoms with Gasteiger partial charge >= 0.3 is 11.4 Å². The number of aromatic amines is 1. The lowest BCUT2D eigenvalue weighted by atomic mass is 9.99. The Morgan fingerprint density at radius 3 is 2.67 bits per heavy atom. The first-order chi connectivity index (χ1) is 7.09. The highest BCUT2D eigenvalue weighted by molar-refractivity contribution is 5.80. The average Bonchev–Trinajstić information content (AvgIpc) is 2.16. The van der Waals surface area contributed by atoms with E-state index in [9.17, 15) is 9.59 Å². The molecule has 0 saturated heterocycles. The number of fused-ring (bicyclic) bond motifs is 1. The molecule has 0 aliphatic heterocycles. The van der Waals surface area contributed by atoms with Crippen molar-refractivity contribution in [2.75, 3.05) is 0 Å². The van der Waals surface area contributed by atoms with Crippen molar-refractivity contribution < 1.29 is 4.42 Å². The van der Waals surface area contributed by atoms with E-state index in [0.29, 0.717) is 10.9 Å². The molecule has 0 aliphatic carbocycles. The van der Waals surface area contributed by atoms with Gasteiger partial charge in [0.1, 0.15) is 0 Å². The summed E-state index contributed by atoms with van der Waals surface area (Å²) in [7, 11) is 0. The molecule has 0 bridgehead atoms. The number of hydrogen-bond donors (Lipinski definition) is 1. The highest BCUT2D eigenvalue weighted by Gasteiger charge is 2.10. The largest absolute Gasteiger partial charge is 0.419 e. The van der Waals surface area contributed by atoms with E-state index in [-0.39, 0.29) is 5.92 Å². The quantitative estimate of drug-likeness (QED) is 0.769. The van der Waals surface area contributed by atoms with E-state index < -0.39 is 11.4 Å². The molecule has 0 radical (unpaired) electrons. The lowest BCUT2D eigenvalue weighted by molar-refractivity contribution is 0.459. The van der Waals surface area contributed by atoms with Gasteiger partial charge < -0.3 is 4.42 Å². The summed E-state index contributed by atoms with van der Waals surface area (Å²) in [6.45, 7) is 3.97.